The van der Waals surface area contributed by atoms with Crippen LogP contribution in [0.15, 0.2) is 24.3 Å². The minimum absolute atomic E-state index is 0.306. The van der Waals surface area contributed by atoms with Gasteiger partial charge in [0.05, 0.1) is 12.7 Å². The molecule has 1 heterocycles. The number of hydrogen-bond acceptors (Lipinski definition) is 3. The molecule has 0 aromatic heterocycles. The van der Waals surface area contributed by atoms with Crippen LogP contribution in [0, 0.1) is 17.8 Å². The van der Waals surface area contributed by atoms with Crippen LogP contribution in [0.25, 0.3) is 0 Å². The zero-order valence-electron chi connectivity index (χ0n) is 11.7. The summed E-state index contributed by atoms with van der Waals surface area (Å²) in [6, 6.07) is 7.92. The number of benzene rings is 1. The monoisotopic (exact) mass is 261 g/mol. The van der Waals surface area contributed by atoms with E-state index in [1.54, 1.807) is 7.11 Å². The summed E-state index contributed by atoms with van der Waals surface area (Å²) in [6.45, 7) is 4.19. The minimum Gasteiger partial charge on any atom is -0.496 e. The highest BCUT2D eigenvalue weighted by Crippen LogP contribution is 2.50. The molecule has 2 fully saturated rings. The van der Waals surface area contributed by atoms with Crippen LogP contribution in [0.2, 0.25) is 0 Å². The molecule has 2 unspecified atom stereocenters. The molecule has 3 rings (SSSR count). The highest BCUT2D eigenvalue weighted by atomic mass is 16.5. The average Bonchev–Trinajstić information content (AvgIpc) is 2.87. The van der Waals surface area contributed by atoms with E-state index in [1.165, 1.54) is 6.42 Å². The molecule has 2 aliphatic rings. The smallest absolute Gasteiger partial charge is 0.124 e. The first-order valence-corrected chi connectivity index (χ1v) is 7.21. The second-order valence-corrected chi connectivity index (χ2v) is 6.19. The summed E-state index contributed by atoms with van der Waals surface area (Å²) in [6.07, 6.45) is 2.05. The van der Waals surface area contributed by atoms with Crippen molar-refractivity contribution in [2.24, 2.45) is 17.8 Å². The van der Waals surface area contributed by atoms with Gasteiger partial charge in [-0.2, -0.15) is 0 Å². The summed E-state index contributed by atoms with van der Waals surface area (Å²) in [5.74, 6) is 2.25. The lowest BCUT2D eigenvalue weighted by Crippen LogP contribution is -2.45. The van der Waals surface area contributed by atoms with Gasteiger partial charge in [0, 0.05) is 18.0 Å². The fourth-order valence-corrected chi connectivity index (χ4v) is 4.13. The number of para-hydroxylation sites is 1. The van der Waals surface area contributed by atoms with Crippen molar-refractivity contribution in [3.05, 3.63) is 29.8 Å². The zero-order chi connectivity index (χ0) is 13.5. The molecule has 0 spiro atoms. The van der Waals surface area contributed by atoms with Crippen LogP contribution in [-0.2, 0) is 5.60 Å². The number of nitrogens with one attached hydrogen (secondary N) is 1. The van der Waals surface area contributed by atoms with Gasteiger partial charge in [-0.15, -0.1) is 0 Å². The standard InChI is InChI=1S/C16H23NO2/c1-11-7-12-9-17-10-14(12)16(18,8-11)13-5-3-4-6-15(13)19-2/h3-6,11-12,14,17-18H,7-10H2,1-2H3/t11?,12-,14+,16?/m0/s1. The fourth-order valence-electron chi connectivity index (χ4n) is 4.13. The van der Waals surface area contributed by atoms with Gasteiger partial charge in [-0.3, -0.25) is 0 Å². The first kappa shape index (κ1) is 12.9. The van der Waals surface area contributed by atoms with E-state index >= 15 is 0 Å². The minimum atomic E-state index is -0.752. The third-order valence-corrected chi connectivity index (χ3v) is 4.89. The zero-order valence-corrected chi connectivity index (χ0v) is 11.7. The molecule has 1 aliphatic carbocycles. The molecule has 1 aromatic carbocycles. The summed E-state index contributed by atoms with van der Waals surface area (Å²) < 4.78 is 5.47. The molecular formula is C16H23NO2. The molecule has 3 heteroatoms. The van der Waals surface area contributed by atoms with Gasteiger partial charge in [0.15, 0.2) is 0 Å². The molecule has 4 atom stereocenters. The van der Waals surface area contributed by atoms with Crippen LogP contribution in [-0.4, -0.2) is 25.3 Å². The first-order chi connectivity index (χ1) is 9.15. The third kappa shape index (κ3) is 2.05. The predicted molar refractivity (Wildman–Crippen MR) is 75.1 cm³/mol. The second kappa shape index (κ2) is 4.80. The molecule has 1 saturated heterocycles. The van der Waals surface area contributed by atoms with E-state index in [-0.39, 0.29) is 0 Å². The van der Waals surface area contributed by atoms with E-state index in [9.17, 15) is 5.11 Å². The quantitative estimate of drug-likeness (QED) is 0.857. The molecule has 3 nitrogen and oxygen atoms in total. The normalized spacial score (nSPS) is 37.9. The van der Waals surface area contributed by atoms with Gasteiger partial charge in [-0.05, 0) is 37.3 Å². The van der Waals surface area contributed by atoms with Crippen LogP contribution < -0.4 is 10.1 Å². The number of hydrogen-bond donors (Lipinski definition) is 2. The van der Waals surface area contributed by atoms with Crippen molar-refractivity contribution in [3.8, 4) is 5.75 Å². The SMILES string of the molecule is COc1ccccc1C1(O)CC(C)C[C@H]2CNC[C@H]21. The Labute approximate surface area is 115 Å². The second-order valence-electron chi connectivity index (χ2n) is 6.19. The molecule has 0 radical (unpaired) electrons. The summed E-state index contributed by atoms with van der Waals surface area (Å²) in [4.78, 5) is 0. The Morgan fingerprint density at radius 3 is 2.89 bits per heavy atom. The highest BCUT2D eigenvalue weighted by molar-refractivity contribution is 5.39. The summed E-state index contributed by atoms with van der Waals surface area (Å²) >= 11 is 0. The van der Waals surface area contributed by atoms with Crippen molar-refractivity contribution in [1.82, 2.24) is 5.32 Å². The Morgan fingerprint density at radius 1 is 1.32 bits per heavy atom. The van der Waals surface area contributed by atoms with E-state index in [4.69, 9.17) is 4.74 Å². The van der Waals surface area contributed by atoms with Crippen LogP contribution >= 0.6 is 0 Å². The molecule has 104 valence electrons. The van der Waals surface area contributed by atoms with E-state index in [2.05, 4.69) is 12.2 Å². The number of methoxy groups -OCH3 is 1. The number of fused-ring (bicyclic) bond motifs is 1. The van der Waals surface area contributed by atoms with E-state index in [0.29, 0.717) is 17.8 Å². The molecule has 1 aromatic rings. The molecule has 1 aliphatic heterocycles. The average molecular weight is 261 g/mol. The van der Waals surface area contributed by atoms with Gasteiger partial charge in [0.1, 0.15) is 5.75 Å². The van der Waals surface area contributed by atoms with Gasteiger partial charge in [-0.25, -0.2) is 0 Å². The number of rotatable bonds is 2. The Kier molecular flexibility index (Phi) is 3.27. The number of aliphatic hydroxyl groups is 1. The predicted octanol–water partition coefficient (Wildman–Crippen LogP) is 2.15. The molecular weight excluding hydrogens is 238 g/mol. The fraction of sp³-hybridized carbons (Fsp3) is 0.625. The van der Waals surface area contributed by atoms with Crippen molar-refractivity contribution in [2.45, 2.75) is 25.4 Å². The Morgan fingerprint density at radius 2 is 2.11 bits per heavy atom. The van der Waals surface area contributed by atoms with Crippen LogP contribution in [0.5, 0.6) is 5.75 Å². The van der Waals surface area contributed by atoms with Gasteiger partial charge < -0.3 is 15.2 Å². The Balaban J connectivity index is 2.04. The molecule has 2 N–H and O–H groups in total. The first-order valence-electron chi connectivity index (χ1n) is 7.21. The van der Waals surface area contributed by atoms with Crippen molar-refractivity contribution >= 4 is 0 Å². The molecule has 1 saturated carbocycles. The van der Waals surface area contributed by atoms with Gasteiger partial charge >= 0.3 is 0 Å². The van der Waals surface area contributed by atoms with E-state index in [1.807, 2.05) is 24.3 Å². The molecule has 19 heavy (non-hydrogen) atoms. The van der Waals surface area contributed by atoms with E-state index in [0.717, 1.165) is 30.8 Å². The number of ether oxygens (including phenoxy) is 1. The van der Waals surface area contributed by atoms with Gasteiger partial charge in [0.25, 0.3) is 0 Å². The Hall–Kier alpha value is -1.06. The molecule has 0 amide bonds. The van der Waals surface area contributed by atoms with Crippen molar-refractivity contribution in [1.29, 1.82) is 0 Å². The Bertz CT molecular complexity index is 462. The largest absolute Gasteiger partial charge is 0.496 e. The third-order valence-electron chi connectivity index (χ3n) is 4.89. The van der Waals surface area contributed by atoms with Crippen LogP contribution in [0.4, 0.5) is 0 Å². The summed E-state index contributed by atoms with van der Waals surface area (Å²) in [5.41, 5.74) is 0.209. The van der Waals surface area contributed by atoms with Gasteiger partial charge in [0.2, 0.25) is 0 Å². The maximum absolute atomic E-state index is 11.4. The highest BCUT2D eigenvalue weighted by Gasteiger charge is 2.50. The lowest BCUT2D eigenvalue weighted by Gasteiger charge is -2.44. The maximum Gasteiger partial charge on any atom is 0.124 e. The van der Waals surface area contributed by atoms with Crippen molar-refractivity contribution < 1.29 is 9.84 Å². The van der Waals surface area contributed by atoms with Crippen LogP contribution in [0.1, 0.15) is 25.3 Å². The molecule has 0 bridgehead atoms. The van der Waals surface area contributed by atoms with Crippen molar-refractivity contribution in [3.63, 3.8) is 0 Å². The van der Waals surface area contributed by atoms with Gasteiger partial charge in [-0.1, -0.05) is 25.1 Å². The summed E-state index contributed by atoms with van der Waals surface area (Å²) in [7, 11) is 1.68. The topological polar surface area (TPSA) is 41.5 Å². The lowest BCUT2D eigenvalue weighted by atomic mass is 9.64. The summed E-state index contributed by atoms with van der Waals surface area (Å²) in [5, 5.41) is 14.8. The van der Waals surface area contributed by atoms with Crippen LogP contribution in [0.3, 0.4) is 0 Å². The van der Waals surface area contributed by atoms with E-state index < -0.39 is 5.60 Å². The van der Waals surface area contributed by atoms with Crippen molar-refractivity contribution in [2.75, 3.05) is 20.2 Å². The lowest BCUT2D eigenvalue weighted by molar-refractivity contribution is -0.0811. The maximum atomic E-state index is 11.4.